The third-order valence-electron chi connectivity index (χ3n) is 4.59. The second-order valence-electron chi connectivity index (χ2n) is 7.12. The highest BCUT2D eigenvalue weighted by Gasteiger charge is 2.43. The van der Waals surface area contributed by atoms with Gasteiger partial charge in [-0.3, -0.25) is 25.5 Å². The molecule has 0 aliphatic heterocycles. The van der Waals surface area contributed by atoms with Crippen LogP contribution in [0.4, 0.5) is 33.8 Å². The molecule has 184 valence electrons. The number of hydrogen-bond acceptors (Lipinski definition) is 7. The Morgan fingerprint density at radius 1 is 1.14 bits per heavy atom. The number of aromatic nitrogens is 1. The zero-order valence-electron chi connectivity index (χ0n) is 18.2. The topological polar surface area (TPSA) is 123 Å². The van der Waals surface area contributed by atoms with E-state index in [2.05, 4.69) is 15.6 Å². The van der Waals surface area contributed by atoms with E-state index in [-0.39, 0.29) is 23.5 Å². The van der Waals surface area contributed by atoms with Gasteiger partial charge in [-0.05, 0) is 47.1 Å². The van der Waals surface area contributed by atoms with Crippen LogP contribution in [-0.2, 0) is 10.9 Å². The number of benzene rings is 2. The summed E-state index contributed by atoms with van der Waals surface area (Å²) >= 11 is 0.104. The number of nitrogens with zero attached hydrogens (tertiary/aromatic N) is 2. The Balaban J connectivity index is 1.91. The lowest BCUT2D eigenvalue weighted by atomic mass is 9.98. The van der Waals surface area contributed by atoms with Crippen molar-refractivity contribution in [3.63, 3.8) is 0 Å². The summed E-state index contributed by atoms with van der Waals surface area (Å²) in [7, 11) is 0. The summed E-state index contributed by atoms with van der Waals surface area (Å²) in [5.41, 5.74) is -0.371. The summed E-state index contributed by atoms with van der Waals surface area (Å²) in [6.45, 7) is 2.19. The zero-order chi connectivity index (χ0) is 25.6. The van der Waals surface area contributed by atoms with Crippen molar-refractivity contribution in [2.45, 2.75) is 25.9 Å². The molecule has 9 nitrogen and oxygen atoms in total. The van der Waals surface area contributed by atoms with Gasteiger partial charge in [-0.25, -0.2) is 9.78 Å². The van der Waals surface area contributed by atoms with Crippen molar-refractivity contribution < 1.29 is 32.4 Å². The third kappa shape index (κ3) is 6.53. The minimum atomic E-state index is -5.06. The van der Waals surface area contributed by atoms with Crippen molar-refractivity contribution in [1.29, 1.82) is 0 Å². The molecule has 3 aromatic rings. The molecule has 0 saturated heterocycles. The van der Waals surface area contributed by atoms with Gasteiger partial charge in [0.15, 0.2) is 5.13 Å². The van der Waals surface area contributed by atoms with Gasteiger partial charge in [-0.1, -0.05) is 43.7 Å². The number of hydrogen-bond donors (Lipinski definition) is 2. The quantitative estimate of drug-likeness (QED) is 0.208. The highest BCUT2D eigenvalue weighted by atomic mass is 32.1. The normalized spacial score (nSPS) is 11.1. The van der Waals surface area contributed by atoms with Crippen LogP contribution in [-0.4, -0.2) is 28.5 Å². The second kappa shape index (κ2) is 11.0. The summed E-state index contributed by atoms with van der Waals surface area (Å²) in [4.78, 5) is 38.0. The first-order valence-electron chi connectivity index (χ1n) is 10.3. The SMILES string of the molecule is CCCCOC(=O)Nc1ccc(C(=O)Nc2nc(C(F)(F)F)c([N+](=O)[O-])s2)c(-c2ccccc2)c1. The molecule has 0 fully saturated rings. The van der Waals surface area contributed by atoms with E-state index < -0.39 is 38.9 Å². The van der Waals surface area contributed by atoms with Crippen molar-refractivity contribution in [3.05, 3.63) is 69.9 Å². The predicted molar refractivity (Wildman–Crippen MR) is 123 cm³/mol. The van der Waals surface area contributed by atoms with Gasteiger partial charge in [-0.2, -0.15) is 13.2 Å². The van der Waals surface area contributed by atoms with Crippen LogP contribution < -0.4 is 10.6 Å². The molecular formula is C22H19F3N4O5S. The average Bonchev–Trinajstić information content (AvgIpc) is 3.24. The standard InChI is InChI=1S/C22H19F3N4O5S/c1-2-3-11-34-21(31)26-14-9-10-15(16(12-14)13-7-5-4-6-8-13)18(30)28-20-27-17(22(23,24)25)19(35-20)29(32)33/h4-10,12H,2-3,11H2,1H3,(H,26,31)(H,27,28,30). The van der Waals surface area contributed by atoms with E-state index >= 15 is 0 Å². The monoisotopic (exact) mass is 508 g/mol. The number of carbonyl (C=O) groups excluding carboxylic acids is 2. The number of halogens is 3. The number of amides is 2. The van der Waals surface area contributed by atoms with Gasteiger partial charge in [0.05, 0.1) is 11.5 Å². The van der Waals surface area contributed by atoms with Crippen LogP contribution in [0.5, 0.6) is 0 Å². The fourth-order valence-electron chi connectivity index (χ4n) is 2.98. The van der Waals surface area contributed by atoms with Crippen LogP contribution >= 0.6 is 11.3 Å². The van der Waals surface area contributed by atoms with Gasteiger partial charge in [-0.15, -0.1) is 0 Å². The predicted octanol–water partition coefficient (Wildman–Crippen LogP) is 6.34. The number of ether oxygens (including phenoxy) is 1. The zero-order valence-corrected chi connectivity index (χ0v) is 19.0. The highest BCUT2D eigenvalue weighted by Crippen LogP contribution is 2.41. The molecule has 3 rings (SSSR count). The largest absolute Gasteiger partial charge is 0.449 e. The van der Waals surface area contributed by atoms with Crippen LogP contribution in [0.25, 0.3) is 11.1 Å². The Hall–Kier alpha value is -4.00. The first-order chi connectivity index (χ1) is 16.6. The maximum Gasteiger partial charge on any atom is 0.441 e. The minimum absolute atomic E-state index is 0.0486. The van der Waals surface area contributed by atoms with Gasteiger partial charge >= 0.3 is 17.3 Å². The smallest absolute Gasteiger partial charge is 0.441 e. The molecule has 0 bridgehead atoms. The summed E-state index contributed by atoms with van der Waals surface area (Å²) in [5, 5.41) is 14.0. The number of rotatable bonds is 8. The van der Waals surface area contributed by atoms with Gasteiger partial charge in [0.2, 0.25) is 5.69 Å². The number of nitrogens with one attached hydrogen (secondary N) is 2. The lowest BCUT2D eigenvalue weighted by molar-refractivity contribution is -0.383. The molecule has 0 spiro atoms. The molecule has 2 aromatic carbocycles. The average molecular weight is 508 g/mol. The number of nitro groups is 1. The first-order valence-corrected chi connectivity index (χ1v) is 11.1. The second-order valence-corrected chi connectivity index (χ2v) is 8.10. The lowest BCUT2D eigenvalue weighted by Crippen LogP contribution is -2.16. The van der Waals surface area contributed by atoms with E-state index in [0.29, 0.717) is 23.2 Å². The highest BCUT2D eigenvalue weighted by molar-refractivity contribution is 7.19. The van der Waals surface area contributed by atoms with E-state index in [9.17, 15) is 32.9 Å². The number of carbonyl (C=O) groups is 2. The van der Waals surface area contributed by atoms with Gasteiger partial charge in [0.25, 0.3) is 5.91 Å². The third-order valence-corrected chi connectivity index (χ3v) is 5.51. The molecule has 0 unspecified atom stereocenters. The molecule has 1 heterocycles. The number of thiazole rings is 1. The molecule has 35 heavy (non-hydrogen) atoms. The van der Waals surface area contributed by atoms with Gasteiger partial charge in [0, 0.05) is 11.3 Å². The van der Waals surface area contributed by atoms with Crippen LogP contribution in [0.1, 0.15) is 35.8 Å². The minimum Gasteiger partial charge on any atom is -0.449 e. The number of alkyl halides is 3. The van der Waals surface area contributed by atoms with Crippen LogP contribution in [0.2, 0.25) is 0 Å². The Bertz CT molecular complexity index is 1230. The van der Waals surface area contributed by atoms with Crippen molar-refractivity contribution in [3.8, 4) is 11.1 Å². The molecule has 1 aromatic heterocycles. The van der Waals surface area contributed by atoms with E-state index in [4.69, 9.17) is 4.74 Å². The van der Waals surface area contributed by atoms with E-state index in [1.54, 1.807) is 30.3 Å². The van der Waals surface area contributed by atoms with Gasteiger partial charge < -0.3 is 4.74 Å². The van der Waals surface area contributed by atoms with Crippen LogP contribution in [0.3, 0.4) is 0 Å². The molecule has 2 amide bonds. The fraction of sp³-hybridized carbons (Fsp3) is 0.227. The van der Waals surface area contributed by atoms with Crippen molar-refractivity contribution >= 4 is 39.2 Å². The molecule has 13 heteroatoms. The van der Waals surface area contributed by atoms with E-state index in [1.807, 2.05) is 6.92 Å². The summed E-state index contributed by atoms with van der Waals surface area (Å²) in [5.74, 6) is -0.835. The van der Waals surface area contributed by atoms with Crippen molar-refractivity contribution in [2.75, 3.05) is 17.2 Å². The van der Waals surface area contributed by atoms with Gasteiger partial charge in [0.1, 0.15) is 0 Å². The van der Waals surface area contributed by atoms with E-state index in [0.717, 1.165) is 6.42 Å². The maximum absolute atomic E-state index is 13.1. The molecule has 0 aliphatic carbocycles. The molecule has 0 saturated carbocycles. The van der Waals surface area contributed by atoms with Crippen molar-refractivity contribution in [1.82, 2.24) is 4.98 Å². The first kappa shape index (κ1) is 25.6. The van der Waals surface area contributed by atoms with Crippen LogP contribution in [0.15, 0.2) is 48.5 Å². The van der Waals surface area contributed by atoms with Crippen molar-refractivity contribution in [2.24, 2.45) is 0 Å². The summed E-state index contributed by atoms with van der Waals surface area (Å²) < 4.78 is 44.4. The Labute approximate surface area is 201 Å². The lowest BCUT2D eigenvalue weighted by Gasteiger charge is -2.13. The van der Waals surface area contributed by atoms with E-state index in [1.165, 1.54) is 18.2 Å². The Kier molecular flexibility index (Phi) is 8.02. The molecule has 0 radical (unpaired) electrons. The number of unbranched alkanes of at least 4 members (excludes halogenated alkanes) is 1. The molecule has 0 aliphatic rings. The fourth-order valence-corrected chi connectivity index (χ4v) is 3.77. The number of anilines is 2. The summed E-state index contributed by atoms with van der Waals surface area (Å²) in [6.07, 6.45) is -4.19. The Morgan fingerprint density at radius 2 is 1.86 bits per heavy atom. The van der Waals surface area contributed by atoms with Crippen LogP contribution in [0, 0.1) is 10.1 Å². The summed E-state index contributed by atoms with van der Waals surface area (Å²) in [6, 6.07) is 12.9. The Morgan fingerprint density at radius 3 is 2.46 bits per heavy atom. The maximum atomic E-state index is 13.1. The molecular weight excluding hydrogens is 489 g/mol. The molecule has 0 atom stereocenters. The molecule has 2 N–H and O–H groups in total.